The van der Waals surface area contributed by atoms with Crippen molar-refractivity contribution < 1.29 is 17.3 Å². The first-order valence-corrected chi connectivity index (χ1v) is 10.5. The normalized spacial score (nSPS) is 17.0. The first-order chi connectivity index (χ1) is 10.6. The van der Waals surface area contributed by atoms with E-state index in [0.717, 1.165) is 45.4 Å². The molecule has 0 N–H and O–H groups in total. The summed E-state index contributed by atoms with van der Waals surface area (Å²) in [4.78, 5) is 2.50. The van der Waals surface area contributed by atoms with E-state index in [1.54, 1.807) is 0 Å². The van der Waals surface area contributed by atoms with Crippen LogP contribution in [0.5, 0.6) is 0 Å². The molecule has 0 aromatic carbocycles. The van der Waals surface area contributed by atoms with E-state index in [1.807, 2.05) is 0 Å². The summed E-state index contributed by atoms with van der Waals surface area (Å²) in [5.41, 5.74) is 0. The van der Waals surface area contributed by atoms with E-state index in [2.05, 4.69) is 4.90 Å². The summed E-state index contributed by atoms with van der Waals surface area (Å²) < 4.78 is 31.6. The minimum absolute atomic E-state index is 0.334. The smallest absolute Gasteiger partial charge is 0.264 e. The van der Waals surface area contributed by atoms with Gasteiger partial charge in [-0.3, -0.25) is 9.08 Å². The fourth-order valence-electron chi connectivity index (χ4n) is 2.71. The van der Waals surface area contributed by atoms with Crippen LogP contribution in [0.2, 0.25) is 0 Å². The molecule has 22 heavy (non-hydrogen) atoms. The Morgan fingerprint density at radius 1 is 0.864 bits per heavy atom. The SMILES string of the molecule is CS(=O)(=O)OCCCCCCCCCCCN1CCOCC1. The van der Waals surface area contributed by atoms with E-state index in [4.69, 9.17) is 8.92 Å². The standard InChI is InChI=1S/C16H33NO4S/c1-22(18,19)21-14-10-8-6-4-2-3-5-7-9-11-17-12-15-20-16-13-17/h2-16H2,1H3. The van der Waals surface area contributed by atoms with Crippen LogP contribution in [0.4, 0.5) is 0 Å². The molecule has 0 atom stereocenters. The topological polar surface area (TPSA) is 55.8 Å². The van der Waals surface area contributed by atoms with Crippen molar-refractivity contribution in [2.75, 3.05) is 45.7 Å². The molecule has 0 saturated carbocycles. The van der Waals surface area contributed by atoms with Crippen molar-refractivity contribution >= 4 is 10.1 Å². The lowest BCUT2D eigenvalue weighted by Crippen LogP contribution is -2.36. The minimum Gasteiger partial charge on any atom is -0.379 e. The van der Waals surface area contributed by atoms with Gasteiger partial charge < -0.3 is 4.74 Å². The lowest BCUT2D eigenvalue weighted by molar-refractivity contribution is 0.0371. The molecule has 0 amide bonds. The average Bonchev–Trinajstić information content (AvgIpc) is 2.48. The van der Waals surface area contributed by atoms with Gasteiger partial charge in [-0.2, -0.15) is 8.42 Å². The summed E-state index contributed by atoms with van der Waals surface area (Å²) in [6, 6.07) is 0. The molecule has 1 fully saturated rings. The maximum absolute atomic E-state index is 10.8. The molecule has 0 aromatic rings. The van der Waals surface area contributed by atoms with Crippen molar-refractivity contribution in [3.05, 3.63) is 0 Å². The maximum Gasteiger partial charge on any atom is 0.264 e. The Kier molecular flexibility index (Phi) is 11.1. The Balaban J connectivity index is 1.74. The Hall–Kier alpha value is -0.170. The van der Waals surface area contributed by atoms with Crippen LogP contribution in [0.3, 0.4) is 0 Å². The summed E-state index contributed by atoms with van der Waals surface area (Å²) in [5, 5.41) is 0. The van der Waals surface area contributed by atoms with Crippen LogP contribution in [0.1, 0.15) is 57.8 Å². The fraction of sp³-hybridized carbons (Fsp3) is 1.00. The van der Waals surface area contributed by atoms with Gasteiger partial charge in [0.25, 0.3) is 10.1 Å². The molecule has 0 aromatic heterocycles. The molecule has 0 unspecified atom stereocenters. The van der Waals surface area contributed by atoms with Crippen LogP contribution in [0.15, 0.2) is 0 Å². The maximum atomic E-state index is 10.8. The zero-order valence-electron chi connectivity index (χ0n) is 14.1. The first kappa shape index (κ1) is 19.9. The summed E-state index contributed by atoms with van der Waals surface area (Å²) in [7, 11) is -3.25. The molecule has 1 aliphatic rings. The van der Waals surface area contributed by atoms with E-state index >= 15 is 0 Å². The van der Waals surface area contributed by atoms with Gasteiger partial charge in [-0.25, -0.2) is 0 Å². The van der Waals surface area contributed by atoms with Gasteiger partial charge in [-0.15, -0.1) is 0 Å². The Morgan fingerprint density at radius 2 is 1.36 bits per heavy atom. The number of hydrogen-bond donors (Lipinski definition) is 0. The Bertz CT molecular complexity index is 353. The average molecular weight is 336 g/mol. The van der Waals surface area contributed by atoms with Gasteiger partial charge in [-0.05, 0) is 19.4 Å². The number of ether oxygens (including phenoxy) is 1. The molecule has 6 heteroatoms. The van der Waals surface area contributed by atoms with Gasteiger partial charge in [0.1, 0.15) is 0 Å². The summed E-state index contributed by atoms with van der Waals surface area (Å²) in [6.07, 6.45) is 12.0. The highest BCUT2D eigenvalue weighted by molar-refractivity contribution is 7.85. The monoisotopic (exact) mass is 335 g/mol. The third-order valence-corrected chi connectivity index (χ3v) is 4.61. The van der Waals surface area contributed by atoms with Crippen molar-refractivity contribution in [2.45, 2.75) is 57.8 Å². The van der Waals surface area contributed by atoms with Crippen molar-refractivity contribution in [1.29, 1.82) is 0 Å². The van der Waals surface area contributed by atoms with Crippen LogP contribution < -0.4 is 0 Å². The number of unbranched alkanes of at least 4 members (excludes halogenated alkanes) is 8. The summed E-state index contributed by atoms with van der Waals surface area (Å²) in [6.45, 7) is 5.56. The van der Waals surface area contributed by atoms with E-state index < -0.39 is 10.1 Å². The van der Waals surface area contributed by atoms with Crippen molar-refractivity contribution in [3.63, 3.8) is 0 Å². The van der Waals surface area contributed by atoms with Crippen molar-refractivity contribution in [2.24, 2.45) is 0 Å². The number of nitrogens with zero attached hydrogens (tertiary/aromatic N) is 1. The van der Waals surface area contributed by atoms with Gasteiger partial charge in [0, 0.05) is 13.1 Å². The lowest BCUT2D eigenvalue weighted by Gasteiger charge is -2.26. The molecule has 0 bridgehead atoms. The zero-order chi connectivity index (χ0) is 16.1. The second-order valence-electron chi connectivity index (χ2n) is 6.16. The highest BCUT2D eigenvalue weighted by Gasteiger charge is 2.08. The van der Waals surface area contributed by atoms with E-state index in [0.29, 0.717) is 6.61 Å². The molecule has 0 spiro atoms. The molecular formula is C16H33NO4S. The molecule has 1 saturated heterocycles. The van der Waals surface area contributed by atoms with Crippen LogP contribution in [-0.2, 0) is 19.0 Å². The summed E-state index contributed by atoms with van der Waals surface area (Å²) >= 11 is 0. The highest BCUT2D eigenvalue weighted by Crippen LogP contribution is 2.10. The molecule has 5 nitrogen and oxygen atoms in total. The van der Waals surface area contributed by atoms with Crippen LogP contribution in [0.25, 0.3) is 0 Å². The molecule has 1 aliphatic heterocycles. The molecule has 1 heterocycles. The summed E-state index contributed by atoms with van der Waals surface area (Å²) in [5.74, 6) is 0. The van der Waals surface area contributed by atoms with Gasteiger partial charge >= 0.3 is 0 Å². The number of hydrogen-bond acceptors (Lipinski definition) is 5. The second-order valence-corrected chi connectivity index (χ2v) is 7.81. The van der Waals surface area contributed by atoms with Crippen molar-refractivity contribution in [1.82, 2.24) is 4.90 Å². The Morgan fingerprint density at radius 3 is 1.91 bits per heavy atom. The van der Waals surface area contributed by atoms with Crippen molar-refractivity contribution in [3.8, 4) is 0 Å². The number of rotatable bonds is 13. The van der Waals surface area contributed by atoms with Crippen LogP contribution in [-0.4, -0.2) is 59.0 Å². The molecule has 132 valence electrons. The molecule has 0 radical (unpaired) electrons. The second kappa shape index (κ2) is 12.3. The highest BCUT2D eigenvalue weighted by atomic mass is 32.2. The molecule has 0 aliphatic carbocycles. The van der Waals surface area contributed by atoms with Crippen LogP contribution in [0, 0.1) is 0 Å². The van der Waals surface area contributed by atoms with Gasteiger partial charge in [0.05, 0.1) is 26.1 Å². The quantitative estimate of drug-likeness (QED) is 0.383. The molecular weight excluding hydrogens is 302 g/mol. The third kappa shape index (κ3) is 12.4. The first-order valence-electron chi connectivity index (χ1n) is 8.72. The lowest BCUT2D eigenvalue weighted by atomic mass is 10.1. The van der Waals surface area contributed by atoms with E-state index in [9.17, 15) is 8.42 Å². The predicted octanol–water partition coefficient (Wildman–Crippen LogP) is 2.81. The van der Waals surface area contributed by atoms with Gasteiger partial charge in [0.2, 0.25) is 0 Å². The largest absolute Gasteiger partial charge is 0.379 e. The predicted molar refractivity (Wildman–Crippen MR) is 89.6 cm³/mol. The van der Waals surface area contributed by atoms with E-state index in [-0.39, 0.29) is 0 Å². The van der Waals surface area contributed by atoms with Gasteiger partial charge in [-0.1, -0.05) is 44.9 Å². The van der Waals surface area contributed by atoms with Gasteiger partial charge in [0.15, 0.2) is 0 Å². The third-order valence-electron chi connectivity index (χ3n) is 4.02. The number of morpholine rings is 1. The Labute approximate surface area is 136 Å². The zero-order valence-corrected chi connectivity index (χ0v) is 14.9. The minimum atomic E-state index is -3.25. The molecule has 1 rings (SSSR count). The van der Waals surface area contributed by atoms with E-state index in [1.165, 1.54) is 51.5 Å². The van der Waals surface area contributed by atoms with Crippen LogP contribution >= 0.6 is 0 Å². The fourth-order valence-corrected chi connectivity index (χ4v) is 3.13.